The van der Waals surface area contributed by atoms with Gasteiger partial charge < -0.3 is 10.6 Å². The summed E-state index contributed by atoms with van der Waals surface area (Å²) >= 11 is 0. The van der Waals surface area contributed by atoms with Crippen molar-refractivity contribution in [2.24, 2.45) is 0 Å². The molecule has 0 bridgehead atoms. The lowest BCUT2D eigenvalue weighted by Gasteiger charge is -2.12. The van der Waals surface area contributed by atoms with Gasteiger partial charge in [0.25, 0.3) is 0 Å². The molecule has 1 unspecified atom stereocenters. The fourth-order valence-electron chi connectivity index (χ4n) is 3.08. The van der Waals surface area contributed by atoms with E-state index in [1.54, 1.807) is 6.92 Å². The Hall–Kier alpha value is -2.36. The van der Waals surface area contributed by atoms with Crippen LogP contribution in [0.3, 0.4) is 0 Å². The number of hydrogen-bond donors (Lipinski definition) is 2. The number of pyridine rings is 1. The Kier molecular flexibility index (Phi) is 7.83. The molecule has 4 heteroatoms. The van der Waals surface area contributed by atoms with Crippen LogP contribution in [-0.2, 0) is 13.0 Å². The average molecular weight is 370 g/mol. The van der Waals surface area contributed by atoms with Crippen molar-refractivity contribution in [2.45, 2.75) is 60.2 Å². The Labute approximate surface area is 162 Å². The minimum Gasteiger partial charge on any atom is -0.386 e. The second-order valence-electron chi connectivity index (χ2n) is 7.04. The Balaban J connectivity index is 2.20. The molecule has 0 aliphatic rings. The van der Waals surface area contributed by atoms with Crippen LogP contribution >= 0.6 is 0 Å². The molecule has 0 saturated carbocycles. The molecule has 27 heavy (non-hydrogen) atoms. The first kappa shape index (κ1) is 20.9. The molecule has 2 rings (SSSR count). The van der Waals surface area contributed by atoms with Crippen LogP contribution in [0.2, 0.25) is 0 Å². The van der Waals surface area contributed by atoms with Gasteiger partial charge in [0, 0.05) is 42.1 Å². The van der Waals surface area contributed by atoms with Gasteiger partial charge in [0.1, 0.15) is 6.17 Å². The van der Waals surface area contributed by atoms with Crippen LogP contribution < -0.4 is 21.1 Å². The molecule has 1 aromatic carbocycles. The number of benzene rings is 1. The van der Waals surface area contributed by atoms with Gasteiger partial charge in [-0.15, -0.1) is 0 Å². The van der Waals surface area contributed by atoms with E-state index in [-0.39, 0.29) is 0 Å². The van der Waals surface area contributed by atoms with Gasteiger partial charge in [-0.25, -0.2) is 4.39 Å². The monoisotopic (exact) mass is 369 g/mol. The van der Waals surface area contributed by atoms with Gasteiger partial charge in [0.15, 0.2) is 0 Å². The summed E-state index contributed by atoms with van der Waals surface area (Å²) in [4.78, 5) is 4.54. The SMILES string of the molecule is CC/C(C)=c1/ccnc(CC)/c1=C/NCc1ccc(NCC(C)F)c(C)c1. The van der Waals surface area contributed by atoms with Gasteiger partial charge in [-0.05, 0) is 62.1 Å². The first-order valence-electron chi connectivity index (χ1n) is 9.80. The van der Waals surface area contributed by atoms with E-state index in [0.29, 0.717) is 6.54 Å². The summed E-state index contributed by atoms with van der Waals surface area (Å²) in [5, 5.41) is 9.06. The van der Waals surface area contributed by atoms with Crippen molar-refractivity contribution in [2.75, 3.05) is 11.9 Å². The van der Waals surface area contributed by atoms with Crippen LogP contribution in [0.5, 0.6) is 0 Å². The van der Waals surface area contributed by atoms with Crippen molar-refractivity contribution >= 4 is 17.5 Å². The predicted molar refractivity (Wildman–Crippen MR) is 114 cm³/mol. The normalized spacial score (nSPS) is 14.1. The average Bonchev–Trinajstić information content (AvgIpc) is 2.66. The molecule has 2 aromatic rings. The molecule has 0 spiro atoms. The van der Waals surface area contributed by atoms with Crippen LogP contribution in [0.15, 0.2) is 30.5 Å². The molecular formula is C23H32FN3. The third-order valence-corrected chi connectivity index (χ3v) is 4.81. The molecule has 3 nitrogen and oxygen atoms in total. The number of halogens is 1. The fourth-order valence-corrected chi connectivity index (χ4v) is 3.08. The molecule has 1 atom stereocenters. The van der Waals surface area contributed by atoms with Crippen molar-refractivity contribution in [3.05, 3.63) is 57.7 Å². The molecule has 0 aliphatic carbocycles. The molecule has 0 radical (unpaired) electrons. The van der Waals surface area contributed by atoms with Crippen molar-refractivity contribution in [1.82, 2.24) is 10.3 Å². The van der Waals surface area contributed by atoms with Crippen LogP contribution in [-0.4, -0.2) is 17.7 Å². The van der Waals surface area contributed by atoms with E-state index < -0.39 is 6.17 Å². The number of anilines is 1. The summed E-state index contributed by atoms with van der Waals surface area (Å²) in [5.74, 6) is 0. The number of rotatable bonds is 8. The van der Waals surface area contributed by atoms with Gasteiger partial charge in [0.2, 0.25) is 0 Å². The maximum Gasteiger partial charge on any atom is 0.114 e. The van der Waals surface area contributed by atoms with Crippen molar-refractivity contribution in [3.8, 4) is 0 Å². The summed E-state index contributed by atoms with van der Waals surface area (Å²) in [5.41, 5.74) is 5.80. The van der Waals surface area contributed by atoms with Gasteiger partial charge >= 0.3 is 0 Å². The van der Waals surface area contributed by atoms with E-state index in [4.69, 9.17) is 0 Å². The van der Waals surface area contributed by atoms with E-state index in [1.165, 1.54) is 21.6 Å². The molecule has 0 fully saturated rings. The lowest BCUT2D eigenvalue weighted by Crippen LogP contribution is -2.33. The first-order valence-corrected chi connectivity index (χ1v) is 9.80. The molecule has 146 valence electrons. The smallest absolute Gasteiger partial charge is 0.114 e. The lowest BCUT2D eigenvalue weighted by molar-refractivity contribution is 0.378. The second-order valence-corrected chi connectivity index (χ2v) is 7.04. The second kappa shape index (κ2) is 10.1. The molecule has 1 aromatic heterocycles. The number of nitrogens with zero attached hydrogens (tertiary/aromatic N) is 1. The summed E-state index contributed by atoms with van der Waals surface area (Å²) < 4.78 is 13.0. The Morgan fingerprint density at radius 1 is 1.26 bits per heavy atom. The highest BCUT2D eigenvalue weighted by Gasteiger charge is 2.03. The highest BCUT2D eigenvalue weighted by atomic mass is 19.1. The molecule has 0 aliphatic heterocycles. The Morgan fingerprint density at radius 3 is 2.67 bits per heavy atom. The number of aromatic nitrogens is 1. The molecular weight excluding hydrogens is 337 g/mol. The zero-order valence-electron chi connectivity index (χ0n) is 17.2. The Bertz CT molecular complexity index is 872. The minimum absolute atomic E-state index is 0.336. The highest BCUT2D eigenvalue weighted by Crippen LogP contribution is 2.16. The van der Waals surface area contributed by atoms with Gasteiger partial charge in [-0.2, -0.15) is 0 Å². The summed E-state index contributed by atoms with van der Waals surface area (Å²) in [6.07, 6.45) is 5.07. The van der Waals surface area contributed by atoms with Gasteiger partial charge in [0.05, 0.1) is 0 Å². The summed E-state index contributed by atoms with van der Waals surface area (Å²) in [6.45, 7) is 11.2. The van der Waals surface area contributed by atoms with Crippen LogP contribution in [0, 0.1) is 6.92 Å². The summed E-state index contributed by atoms with van der Waals surface area (Å²) in [6, 6.07) is 8.34. The first-order chi connectivity index (χ1) is 13.0. The van der Waals surface area contributed by atoms with E-state index in [0.717, 1.165) is 36.3 Å². The summed E-state index contributed by atoms with van der Waals surface area (Å²) in [7, 11) is 0. The van der Waals surface area contributed by atoms with Crippen LogP contribution in [0.25, 0.3) is 11.8 Å². The Morgan fingerprint density at radius 2 is 2.04 bits per heavy atom. The zero-order chi connectivity index (χ0) is 19.8. The number of aryl methyl sites for hydroxylation is 2. The van der Waals surface area contributed by atoms with Gasteiger partial charge in [-0.3, -0.25) is 4.98 Å². The maximum absolute atomic E-state index is 13.0. The molecule has 1 heterocycles. The number of alkyl halides is 1. The van der Waals surface area contributed by atoms with Crippen LogP contribution in [0.4, 0.5) is 10.1 Å². The highest BCUT2D eigenvalue weighted by molar-refractivity contribution is 5.52. The predicted octanol–water partition coefficient (Wildman–Crippen LogP) is 3.83. The quantitative estimate of drug-likeness (QED) is 0.742. The van der Waals surface area contributed by atoms with E-state index >= 15 is 0 Å². The third kappa shape index (κ3) is 5.81. The fraction of sp³-hybridized carbons (Fsp3) is 0.435. The van der Waals surface area contributed by atoms with E-state index in [1.807, 2.05) is 19.2 Å². The lowest BCUT2D eigenvalue weighted by atomic mass is 10.1. The third-order valence-electron chi connectivity index (χ3n) is 4.81. The minimum atomic E-state index is -0.856. The van der Waals surface area contributed by atoms with Gasteiger partial charge in [-0.1, -0.05) is 31.6 Å². The van der Waals surface area contributed by atoms with E-state index in [2.05, 4.69) is 60.8 Å². The largest absolute Gasteiger partial charge is 0.386 e. The van der Waals surface area contributed by atoms with Crippen molar-refractivity contribution in [3.63, 3.8) is 0 Å². The number of nitrogens with one attached hydrogen (secondary N) is 2. The van der Waals surface area contributed by atoms with E-state index in [9.17, 15) is 4.39 Å². The van der Waals surface area contributed by atoms with Crippen LogP contribution in [0.1, 0.15) is 50.9 Å². The van der Waals surface area contributed by atoms with Crippen molar-refractivity contribution in [1.29, 1.82) is 0 Å². The molecule has 0 amide bonds. The zero-order valence-corrected chi connectivity index (χ0v) is 17.2. The van der Waals surface area contributed by atoms with Crippen molar-refractivity contribution < 1.29 is 4.39 Å². The number of hydrogen-bond acceptors (Lipinski definition) is 3. The molecule has 2 N–H and O–H groups in total. The standard InChI is InChI=1S/C23H32FN3/c1-6-16(3)20-10-11-26-22(7-2)21(20)15-25-14-19-8-9-23(17(4)12-19)27-13-18(5)24/h8-12,15,18,25,27H,6-7,13-14H2,1-5H3/b20-16-,21-15+. The molecule has 0 saturated heterocycles. The topological polar surface area (TPSA) is 37.0 Å². The maximum atomic E-state index is 13.0.